The summed E-state index contributed by atoms with van der Waals surface area (Å²) in [7, 11) is 0. The number of fused-ring (bicyclic) bond motifs is 8. The van der Waals surface area contributed by atoms with Crippen molar-refractivity contribution in [2.24, 2.45) is 0 Å². The van der Waals surface area contributed by atoms with Crippen LogP contribution in [-0.2, 0) is 17.1 Å². The van der Waals surface area contributed by atoms with Crippen LogP contribution in [0.2, 0.25) is 0 Å². The summed E-state index contributed by atoms with van der Waals surface area (Å²) in [5.41, 5.74) is 11.2. The summed E-state index contributed by atoms with van der Waals surface area (Å²) in [5, 5.41) is 0. The molecule has 0 N–H and O–H groups in total. The molecule has 5 aromatic rings. The smallest absolute Gasteiger partial charge is 0.657 e. The van der Waals surface area contributed by atoms with Crippen molar-refractivity contribution in [3.8, 4) is 22.3 Å². The van der Waals surface area contributed by atoms with Crippen LogP contribution < -0.4 is 9.97 Å². The molecule has 5 heteroatoms. The van der Waals surface area contributed by atoms with Crippen LogP contribution in [0.1, 0.15) is 22.8 Å². The van der Waals surface area contributed by atoms with Gasteiger partial charge in [-0.05, 0) is 46.6 Å². The quantitative estimate of drug-likeness (QED) is 0.228. The van der Waals surface area contributed by atoms with Gasteiger partial charge in [-0.2, -0.15) is 0 Å². The predicted octanol–water partition coefficient (Wildman–Crippen LogP) is 7.25. The number of rotatable bonds is 2. The van der Waals surface area contributed by atoms with Crippen molar-refractivity contribution in [2.45, 2.75) is 0 Å². The molecule has 2 aromatic carbocycles. The number of nitrogens with zero attached hydrogens (tertiary/aromatic N) is 4. The van der Waals surface area contributed by atoms with Crippen LogP contribution in [-0.4, -0.2) is 9.97 Å². The molecule has 0 unspecified atom stereocenters. The Kier molecular flexibility index (Phi) is 5.93. The summed E-state index contributed by atoms with van der Waals surface area (Å²) >= 11 is 0. The third-order valence-electron chi connectivity index (χ3n) is 6.39. The monoisotopic (exact) mass is 515 g/mol. The van der Waals surface area contributed by atoms with E-state index in [1.807, 2.05) is 72.8 Å². The predicted molar refractivity (Wildman–Crippen MR) is 148 cm³/mol. The van der Waals surface area contributed by atoms with Crippen LogP contribution in [0.3, 0.4) is 0 Å². The molecule has 2 aliphatic rings. The molecular formula is C32H20MnN4+. The van der Waals surface area contributed by atoms with Gasteiger partial charge >= 0.3 is 17.1 Å². The van der Waals surface area contributed by atoms with Gasteiger partial charge in [-0.15, -0.1) is 22.1 Å². The fraction of sp³-hybridized carbons (Fsp3) is 0. The summed E-state index contributed by atoms with van der Waals surface area (Å²) in [6.07, 6.45) is 8.18. The second kappa shape index (κ2) is 9.55. The Balaban J connectivity index is 0.00000252. The van der Waals surface area contributed by atoms with E-state index in [0.29, 0.717) is 0 Å². The van der Waals surface area contributed by atoms with Crippen molar-refractivity contribution in [1.29, 1.82) is 0 Å². The molecule has 37 heavy (non-hydrogen) atoms. The second-order valence-electron chi connectivity index (χ2n) is 8.79. The average molecular weight is 515 g/mol. The zero-order valence-corrected chi connectivity index (χ0v) is 20.9. The fourth-order valence-electron chi connectivity index (χ4n) is 4.76. The third kappa shape index (κ3) is 4.36. The van der Waals surface area contributed by atoms with Gasteiger partial charge in [0.25, 0.3) is 0 Å². The van der Waals surface area contributed by atoms with Crippen LogP contribution in [0.4, 0.5) is 0 Å². The number of hydrogen-bond donors (Lipinski definition) is 0. The summed E-state index contributed by atoms with van der Waals surface area (Å²) < 4.78 is 0. The van der Waals surface area contributed by atoms with E-state index in [9.17, 15) is 0 Å². The Morgan fingerprint density at radius 2 is 0.892 bits per heavy atom. The fourth-order valence-corrected chi connectivity index (χ4v) is 4.76. The van der Waals surface area contributed by atoms with Crippen LogP contribution in [0, 0.1) is 0 Å². The second-order valence-corrected chi connectivity index (χ2v) is 8.79. The summed E-state index contributed by atoms with van der Waals surface area (Å²) in [6.45, 7) is 0. The minimum absolute atomic E-state index is 0. The zero-order chi connectivity index (χ0) is 23.9. The van der Waals surface area contributed by atoms with E-state index in [-0.39, 0.29) is 17.1 Å². The first-order valence-corrected chi connectivity index (χ1v) is 11.9. The van der Waals surface area contributed by atoms with Gasteiger partial charge in [0.15, 0.2) is 0 Å². The Morgan fingerprint density at radius 3 is 1.32 bits per heavy atom. The number of aromatic nitrogens is 4. The summed E-state index contributed by atoms with van der Waals surface area (Å²) in [4.78, 5) is 19.8. The summed E-state index contributed by atoms with van der Waals surface area (Å²) in [5.74, 6) is 0. The van der Waals surface area contributed by atoms with Crippen molar-refractivity contribution >= 4 is 46.4 Å². The minimum atomic E-state index is 0. The zero-order valence-electron chi connectivity index (χ0n) is 19.7. The van der Waals surface area contributed by atoms with E-state index in [0.717, 1.165) is 67.1 Å². The Bertz CT molecular complexity index is 1690. The normalized spacial score (nSPS) is 11.9. The first-order chi connectivity index (χ1) is 17.8. The molecule has 174 valence electrons. The van der Waals surface area contributed by atoms with Crippen LogP contribution in [0.15, 0.2) is 97.1 Å². The van der Waals surface area contributed by atoms with Gasteiger partial charge in [-0.3, -0.25) is 0 Å². The van der Waals surface area contributed by atoms with Gasteiger partial charge in [0.2, 0.25) is 0 Å². The molecular weight excluding hydrogens is 495 g/mol. The molecule has 4 nitrogen and oxygen atoms in total. The van der Waals surface area contributed by atoms with Gasteiger partial charge in [0.05, 0.1) is 22.8 Å². The largest absolute Gasteiger partial charge is 3.00 e. The third-order valence-corrected chi connectivity index (χ3v) is 6.39. The minimum Gasteiger partial charge on any atom is -0.657 e. The van der Waals surface area contributed by atoms with Crippen molar-refractivity contribution in [3.63, 3.8) is 0 Å². The van der Waals surface area contributed by atoms with Crippen LogP contribution in [0.25, 0.3) is 68.6 Å². The molecule has 0 spiro atoms. The SMILES string of the molecule is C1=Cc2nc1cc1ccc([n-]1)c(-c1ccccc1)c1nc(cc3ccc([n-]3)c2-c2ccccc2)C=C1.[Mn+3]. The standard InChI is InChI=1S/C32H20N4.Mn/c1-3-7-21(8-4-1)31-27-15-11-23(33-27)19-25-13-17-29(35-25)32(22-9-5-2-6-10-22)30-18-14-26(36-30)20-24-12-16-28(31)34-24;/h1-20H;/q-2;+3. The van der Waals surface area contributed by atoms with Crippen LogP contribution >= 0.6 is 0 Å². The van der Waals surface area contributed by atoms with Crippen molar-refractivity contribution in [2.75, 3.05) is 0 Å². The van der Waals surface area contributed by atoms with Gasteiger partial charge in [0.1, 0.15) is 0 Å². The first kappa shape index (κ1) is 23.0. The molecule has 0 saturated heterocycles. The van der Waals surface area contributed by atoms with Crippen molar-refractivity contribution in [1.82, 2.24) is 19.9 Å². The van der Waals surface area contributed by atoms with Gasteiger partial charge in [-0.1, -0.05) is 97.1 Å². The molecule has 5 heterocycles. The van der Waals surface area contributed by atoms with Crippen LogP contribution in [0.5, 0.6) is 0 Å². The molecule has 8 bridgehead atoms. The maximum Gasteiger partial charge on any atom is 3.00 e. The topological polar surface area (TPSA) is 54.0 Å². The number of benzene rings is 2. The first-order valence-electron chi connectivity index (χ1n) is 11.9. The van der Waals surface area contributed by atoms with Gasteiger partial charge in [-0.25, -0.2) is 9.97 Å². The molecule has 3 aromatic heterocycles. The van der Waals surface area contributed by atoms with E-state index >= 15 is 0 Å². The molecule has 2 aliphatic heterocycles. The van der Waals surface area contributed by atoms with Gasteiger partial charge < -0.3 is 9.97 Å². The molecule has 7 rings (SSSR count). The van der Waals surface area contributed by atoms with E-state index in [1.165, 1.54) is 0 Å². The molecule has 0 saturated carbocycles. The summed E-state index contributed by atoms with van der Waals surface area (Å²) in [6, 6.07) is 32.8. The molecule has 0 amide bonds. The molecule has 0 radical (unpaired) electrons. The maximum atomic E-state index is 4.95. The van der Waals surface area contributed by atoms with Gasteiger partial charge in [0, 0.05) is 0 Å². The van der Waals surface area contributed by atoms with E-state index < -0.39 is 0 Å². The van der Waals surface area contributed by atoms with E-state index in [4.69, 9.17) is 19.9 Å². The molecule has 0 fully saturated rings. The van der Waals surface area contributed by atoms with Crippen molar-refractivity contribution < 1.29 is 17.1 Å². The Labute approximate surface area is 225 Å². The molecule has 0 atom stereocenters. The van der Waals surface area contributed by atoms with Crippen molar-refractivity contribution in [3.05, 3.63) is 120 Å². The van der Waals surface area contributed by atoms with E-state index in [1.54, 1.807) is 0 Å². The Morgan fingerprint density at radius 1 is 0.459 bits per heavy atom. The Hall–Kier alpha value is -4.44. The molecule has 0 aliphatic carbocycles. The maximum absolute atomic E-state index is 4.95. The number of hydrogen-bond acceptors (Lipinski definition) is 2. The average Bonchev–Trinajstić information content (AvgIpc) is 3.72. The van der Waals surface area contributed by atoms with E-state index in [2.05, 4.69) is 48.6 Å².